The van der Waals surface area contributed by atoms with Crippen molar-refractivity contribution in [2.24, 2.45) is 0 Å². The van der Waals surface area contributed by atoms with Crippen molar-refractivity contribution in [1.29, 1.82) is 0 Å². The van der Waals surface area contributed by atoms with Crippen molar-refractivity contribution in [2.45, 2.75) is 11.4 Å². The van der Waals surface area contributed by atoms with Crippen LogP contribution in [-0.4, -0.2) is 33.6 Å². The summed E-state index contributed by atoms with van der Waals surface area (Å²) in [5.41, 5.74) is 2.32. The number of aromatic nitrogens is 1. The molecule has 0 aliphatic heterocycles. The first-order chi connectivity index (χ1) is 13.4. The number of esters is 1. The summed E-state index contributed by atoms with van der Waals surface area (Å²) in [7, 11) is -1.37. The number of benzene rings is 1. The van der Waals surface area contributed by atoms with Crippen LogP contribution >= 0.6 is 0 Å². The Hall–Kier alpha value is -3.17. The van der Waals surface area contributed by atoms with E-state index in [1.807, 2.05) is 0 Å². The molecule has 0 saturated heterocycles. The maximum atomic E-state index is 12.7. The Morgan fingerprint density at radius 2 is 2.00 bits per heavy atom. The van der Waals surface area contributed by atoms with E-state index in [9.17, 15) is 13.2 Å². The molecule has 0 spiro atoms. The zero-order valence-corrected chi connectivity index (χ0v) is 16.0. The summed E-state index contributed by atoms with van der Waals surface area (Å²) >= 11 is 0. The fourth-order valence-electron chi connectivity index (χ4n) is 2.50. The monoisotopic (exact) mass is 402 g/mol. The zero-order chi connectivity index (χ0) is 20.1. The van der Waals surface area contributed by atoms with Crippen LogP contribution in [-0.2, 0) is 21.3 Å². The van der Waals surface area contributed by atoms with Gasteiger partial charge in [0.2, 0.25) is 10.0 Å². The van der Waals surface area contributed by atoms with Gasteiger partial charge in [-0.15, -0.1) is 0 Å². The molecule has 0 unspecified atom stereocenters. The first kappa shape index (κ1) is 19.6. The highest BCUT2D eigenvalue weighted by molar-refractivity contribution is 7.89. The molecule has 0 atom stereocenters. The standard InChI is InChI=1S/C19H18N2O6S/c1-25-17-6-4-14(19(22)26-2)9-18(17)28(23,24)21-11-13-3-5-16(20-10-13)15-7-8-27-12-15/h3-10,12,21H,11H2,1-2H3. The quantitative estimate of drug-likeness (QED) is 0.605. The highest BCUT2D eigenvalue weighted by atomic mass is 32.2. The molecule has 28 heavy (non-hydrogen) atoms. The number of rotatable bonds is 7. The molecule has 2 heterocycles. The molecule has 2 aromatic heterocycles. The maximum absolute atomic E-state index is 12.7. The number of ether oxygens (including phenoxy) is 2. The molecule has 8 nitrogen and oxygen atoms in total. The normalized spacial score (nSPS) is 11.2. The van der Waals surface area contributed by atoms with Crippen molar-refractivity contribution in [3.8, 4) is 17.0 Å². The lowest BCUT2D eigenvalue weighted by molar-refractivity contribution is 0.0600. The highest BCUT2D eigenvalue weighted by Gasteiger charge is 2.22. The summed E-state index contributed by atoms with van der Waals surface area (Å²) in [6.07, 6.45) is 4.70. The Kier molecular flexibility index (Phi) is 5.76. The minimum Gasteiger partial charge on any atom is -0.495 e. The van der Waals surface area contributed by atoms with Crippen LogP contribution in [0.1, 0.15) is 15.9 Å². The summed E-state index contributed by atoms with van der Waals surface area (Å²) in [5, 5.41) is 0. The third-order valence-corrected chi connectivity index (χ3v) is 5.40. The molecule has 0 bridgehead atoms. The van der Waals surface area contributed by atoms with E-state index in [4.69, 9.17) is 9.15 Å². The van der Waals surface area contributed by atoms with E-state index in [1.165, 1.54) is 32.4 Å². The zero-order valence-electron chi connectivity index (χ0n) is 15.2. The van der Waals surface area contributed by atoms with Gasteiger partial charge in [0.25, 0.3) is 0 Å². The first-order valence-electron chi connectivity index (χ1n) is 8.18. The maximum Gasteiger partial charge on any atom is 0.337 e. The van der Waals surface area contributed by atoms with Gasteiger partial charge in [-0.25, -0.2) is 17.9 Å². The summed E-state index contributed by atoms with van der Waals surface area (Å²) in [4.78, 5) is 15.9. The van der Waals surface area contributed by atoms with E-state index in [0.29, 0.717) is 11.3 Å². The molecule has 0 radical (unpaired) electrons. The lowest BCUT2D eigenvalue weighted by Crippen LogP contribution is -2.24. The van der Waals surface area contributed by atoms with Gasteiger partial charge in [-0.05, 0) is 35.9 Å². The summed E-state index contributed by atoms with van der Waals surface area (Å²) in [6, 6.07) is 9.37. The molecule has 1 aromatic carbocycles. The van der Waals surface area contributed by atoms with Crippen LogP contribution in [0.2, 0.25) is 0 Å². The number of sulfonamides is 1. The molecule has 0 amide bonds. The van der Waals surface area contributed by atoms with Gasteiger partial charge < -0.3 is 13.9 Å². The second kappa shape index (κ2) is 8.24. The van der Waals surface area contributed by atoms with Gasteiger partial charge in [0.15, 0.2) is 0 Å². The fraction of sp³-hybridized carbons (Fsp3) is 0.158. The number of nitrogens with one attached hydrogen (secondary N) is 1. The first-order valence-corrected chi connectivity index (χ1v) is 9.66. The molecule has 146 valence electrons. The van der Waals surface area contributed by atoms with Crippen molar-refractivity contribution in [3.05, 3.63) is 66.2 Å². The van der Waals surface area contributed by atoms with Gasteiger partial charge in [-0.2, -0.15) is 0 Å². The number of nitrogens with zero attached hydrogens (tertiary/aromatic N) is 1. The predicted molar refractivity (Wildman–Crippen MR) is 100 cm³/mol. The number of hydrogen-bond donors (Lipinski definition) is 1. The van der Waals surface area contributed by atoms with E-state index >= 15 is 0 Å². The summed E-state index contributed by atoms with van der Waals surface area (Å²) in [5.74, 6) is -0.522. The molecular weight excluding hydrogens is 384 g/mol. The third kappa shape index (κ3) is 4.21. The molecule has 0 fully saturated rings. The number of methoxy groups -OCH3 is 2. The van der Waals surface area contributed by atoms with E-state index < -0.39 is 16.0 Å². The van der Waals surface area contributed by atoms with Crippen LogP contribution in [0.25, 0.3) is 11.3 Å². The van der Waals surface area contributed by atoms with Crippen LogP contribution in [0.15, 0.2) is 64.4 Å². The Morgan fingerprint density at radius 3 is 2.61 bits per heavy atom. The highest BCUT2D eigenvalue weighted by Crippen LogP contribution is 2.25. The Balaban J connectivity index is 1.79. The minimum atomic E-state index is -3.94. The number of carbonyl (C=O) groups excluding carboxylic acids is 1. The van der Waals surface area contributed by atoms with E-state index in [2.05, 4.69) is 14.4 Å². The molecule has 0 aliphatic rings. The van der Waals surface area contributed by atoms with Gasteiger partial charge in [-0.3, -0.25) is 4.98 Å². The van der Waals surface area contributed by atoms with Crippen LogP contribution in [0.4, 0.5) is 0 Å². The number of carbonyl (C=O) groups is 1. The molecule has 9 heteroatoms. The van der Waals surface area contributed by atoms with E-state index in [-0.39, 0.29) is 22.8 Å². The van der Waals surface area contributed by atoms with Crippen LogP contribution in [0, 0.1) is 0 Å². The smallest absolute Gasteiger partial charge is 0.337 e. The molecule has 0 aliphatic carbocycles. The average Bonchev–Trinajstić information content (AvgIpc) is 3.26. The van der Waals surface area contributed by atoms with Crippen LogP contribution in [0.5, 0.6) is 5.75 Å². The lowest BCUT2D eigenvalue weighted by atomic mass is 10.2. The van der Waals surface area contributed by atoms with E-state index in [1.54, 1.807) is 36.9 Å². The van der Waals surface area contributed by atoms with Crippen molar-refractivity contribution in [1.82, 2.24) is 9.71 Å². The minimum absolute atomic E-state index is 0.0204. The molecule has 3 aromatic rings. The third-order valence-electron chi connectivity index (χ3n) is 3.98. The largest absolute Gasteiger partial charge is 0.495 e. The second-order valence-corrected chi connectivity index (χ2v) is 7.48. The predicted octanol–water partition coefficient (Wildman–Crippen LogP) is 2.62. The number of furan rings is 1. The summed E-state index contributed by atoms with van der Waals surface area (Å²) in [6.45, 7) is 0.0204. The Morgan fingerprint density at radius 1 is 1.18 bits per heavy atom. The molecular formula is C19H18N2O6S. The van der Waals surface area contributed by atoms with Gasteiger partial charge in [0.1, 0.15) is 10.6 Å². The number of hydrogen-bond acceptors (Lipinski definition) is 7. The van der Waals surface area contributed by atoms with Crippen molar-refractivity contribution in [2.75, 3.05) is 14.2 Å². The van der Waals surface area contributed by atoms with Crippen LogP contribution < -0.4 is 9.46 Å². The van der Waals surface area contributed by atoms with Gasteiger partial charge in [0, 0.05) is 18.3 Å². The Bertz CT molecular complexity index is 1060. The van der Waals surface area contributed by atoms with Gasteiger partial charge >= 0.3 is 5.97 Å². The van der Waals surface area contributed by atoms with Gasteiger partial charge in [-0.1, -0.05) is 6.07 Å². The second-order valence-electron chi connectivity index (χ2n) is 5.75. The fourth-order valence-corrected chi connectivity index (χ4v) is 3.71. The average molecular weight is 402 g/mol. The molecule has 3 rings (SSSR count). The Labute approximate surface area is 162 Å². The van der Waals surface area contributed by atoms with Crippen molar-refractivity contribution in [3.63, 3.8) is 0 Å². The lowest BCUT2D eigenvalue weighted by Gasteiger charge is -2.12. The van der Waals surface area contributed by atoms with Crippen molar-refractivity contribution < 1.29 is 27.1 Å². The summed E-state index contributed by atoms with van der Waals surface area (Å²) < 4.78 is 42.7. The topological polar surface area (TPSA) is 108 Å². The molecule has 1 N–H and O–H groups in total. The van der Waals surface area contributed by atoms with Crippen LogP contribution in [0.3, 0.4) is 0 Å². The van der Waals surface area contributed by atoms with Crippen molar-refractivity contribution >= 4 is 16.0 Å². The van der Waals surface area contributed by atoms with Gasteiger partial charge in [0.05, 0.1) is 38.0 Å². The number of pyridine rings is 1. The SMILES string of the molecule is COC(=O)c1ccc(OC)c(S(=O)(=O)NCc2ccc(-c3ccoc3)nc2)c1. The van der Waals surface area contributed by atoms with E-state index in [0.717, 1.165) is 5.56 Å². The molecule has 0 saturated carbocycles.